The number of amides is 1. The minimum Gasteiger partial charge on any atom is -0.356 e. The Labute approximate surface area is 222 Å². The number of H-pyrrole nitrogens is 1. The van der Waals surface area contributed by atoms with E-state index in [0.29, 0.717) is 6.54 Å². The van der Waals surface area contributed by atoms with Gasteiger partial charge in [0, 0.05) is 28.7 Å². The standard InChI is InChI=1S/C32H33F2N3O/c1-36(2)31(23-6-5-7-25(34)21-23)15-17-32(18-16-31)30-27(26-8-3-4-9-28(26)35-30)14-19-37(32)29(38)20-22-10-12-24(33)13-11-22/h3-13,21,35H,14-20H2,1-2H3/t31-,32-. The van der Waals surface area contributed by atoms with Crippen molar-refractivity contribution in [3.8, 4) is 0 Å². The largest absolute Gasteiger partial charge is 0.356 e. The molecule has 1 N–H and O–H groups in total. The molecule has 0 saturated heterocycles. The van der Waals surface area contributed by atoms with Gasteiger partial charge in [0.15, 0.2) is 0 Å². The summed E-state index contributed by atoms with van der Waals surface area (Å²) in [4.78, 5) is 21.9. The van der Waals surface area contributed by atoms with Crippen LogP contribution in [0.5, 0.6) is 0 Å². The Balaban J connectivity index is 1.41. The monoisotopic (exact) mass is 513 g/mol. The van der Waals surface area contributed by atoms with Crippen LogP contribution in [0.15, 0.2) is 72.8 Å². The lowest BCUT2D eigenvalue weighted by Crippen LogP contribution is -2.58. The maximum atomic E-state index is 14.3. The first-order valence-electron chi connectivity index (χ1n) is 13.4. The molecule has 4 aromatic rings. The Morgan fingerprint density at radius 3 is 2.37 bits per heavy atom. The molecule has 6 rings (SSSR count). The number of nitrogens with one attached hydrogen (secondary N) is 1. The molecule has 1 aliphatic carbocycles. The Morgan fingerprint density at radius 1 is 0.921 bits per heavy atom. The van der Waals surface area contributed by atoms with Crippen LogP contribution in [0.4, 0.5) is 8.78 Å². The van der Waals surface area contributed by atoms with Crippen molar-refractivity contribution in [1.82, 2.24) is 14.8 Å². The molecule has 1 aromatic heterocycles. The van der Waals surface area contributed by atoms with Crippen molar-refractivity contribution in [2.45, 2.75) is 49.6 Å². The van der Waals surface area contributed by atoms with Crippen LogP contribution < -0.4 is 0 Å². The van der Waals surface area contributed by atoms with Gasteiger partial charge in [-0.15, -0.1) is 0 Å². The second-order valence-corrected chi connectivity index (χ2v) is 11.1. The highest BCUT2D eigenvalue weighted by Crippen LogP contribution is 2.53. The maximum absolute atomic E-state index is 14.3. The highest BCUT2D eigenvalue weighted by molar-refractivity contribution is 5.87. The van der Waals surface area contributed by atoms with Gasteiger partial charge in [-0.25, -0.2) is 8.78 Å². The molecule has 1 saturated carbocycles. The number of halogens is 2. The number of aromatic amines is 1. The molecule has 38 heavy (non-hydrogen) atoms. The molecule has 1 amide bonds. The zero-order valence-electron chi connectivity index (χ0n) is 21.9. The van der Waals surface area contributed by atoms with Crippen molar-refractivity contribution in [3.05, 3.63) is 107 Å². The number of nitrogens with zero attached hydrogens (tertiary/aromatic N) is 2. The molecule has 1 fully saturated rings. The fraction of sp³-hybridized carbons (Fsp3) is 0.344. The summed E-state index contributed by atoms with van der Waals surface area (Å²) in [5.74, 6) is -0.470. The van der Waals surface area contributed by atoms with Gasteiger partial charge in [0.05, 0.1) is 12.0 Å². The van der Waals surface area contributed by atoms with Crippen LogP contribution in [0.3, 0.4) is 0 Å². The van der Waals surface area contributed by atoms with Gasteiger partial charge in [0.2, 0.25) is 5.91 Å². The van der Waals surface area contributed by atoms with Crippen molar-refractivity contribution < 1.29 is 13.6 Å². The lowest BCUT2D eigenvalue weighted by Gasteiger charge is -2.55. The van der Waals surface area contributed by atoms with Gasteiger partial charge < -0.3 is 9.88 Å². The smallest absolute Gasteiger partial charge is 0.227 e. The molecule has 2 heterocycles. The number of carbonyl (C=O) groups excluding carboxylic acids is 1. The van der Waals surface area contributed by atoms with Crippen molar-refractivity contribution in [2.75, 3.05) is 20.6 Å². The second-order valence-electron chi connectivity index (χ2n) is 11.1. The van der Waals surface area contributed by atoms with Crippen LogP contribution in [-0.2, 0) is 28.7 Å². The summed E-state index contributed by atoms with van der Waals surface area (Å²) < 4.78 is 27.8. The Kier molecular flexibility index (Phi) is 6.10. The van der Waals surface area contributed by atoms with Crippen molar-refractivity contribution in [3.63, 3.8) is 0 Å². The van der Waals surface area contributed by atoms with E-state index in [4.69, 9.17) is 0 Å². The zero-order valence-corrected chi connectivity index (χ0v) is 21.9. The Bertz CT molecular complexity index is 1480. The third kappa shape index (κ3) is 3.93. The molecular weight excluding hydrogens is 480 g/mol. The summed E-state index contributed by atoms with van der Waals surface area (Å²) in [6.45, 7) is 0.643. The number of aromatic nitrogens is 1. The number of benzene rings is 3. The lowest BCUT2D eigenvalue weighted by molar-refractivity contribution is -0.142. The fourth-order valence-corrected chi connectivity index (χ4v) is 7.03. The first-order valence-corrected chi connectivity index (χ1v) is 13.4. The summed E-state index contributed by atoms with van der Waals surface area (Å²) >= 11 is 0. The first-order chi connectivity index (χ1) is 18.3. The van der Waals surface area contributed by atoms with Gasteiger partial charge in [-0.1, -0.05) is 42.5 Å². The third-order valence-corrected chi connectivity index (χ3v) is 9.07. The predicted octanol–water partition coefficient (Wildman–Crippen LogP) is 6.30. The minimum atomic E-state index is -0.476. The number of carbonyl (C=O) groups is 1. The summed E-state index contributed by atoms with van der Waals surface area (Å²) in [7, 11) is 4.13. The number of hydrogen-bond acceptors (Lipinski definition) is 2. The van der Waals surface area contributed by atoms with Gasteiger partial charge >= 0.3 is 0 Å². The molecule has 0 bridgehead atoms. The van der Waals surface area contributed by atoms with Crippen molar-refractivity contribution in [1.29, 1.82) is 0 Å². The Morgan fingerprint density at radius 2 is 1.66 bits per heavy atom. The fourth-order valence-electron chi connectivity index (χ4n) is 7.03. The van der Waals surface area contributed by atoms with E-state index in [2.05, 4.69) is 47.1 Å². The van der Waals surface area contributed by atoms with E-state index < -0.39 is 5.54 Å². The van der Waals surface area contributed by atoms with Gasteiger partial charge in [0.1, 0.15) is 11.6 Å². The van der Waals surface area contributed by atoms with Crippen LogP contribution in [0.1, 0.15) is 48.1 Å². The van der Waals surface area contributed by atoms with Gasteiger partial charge in [-0.2, -0.15) is 0 Å². The number of fused-ring (bicyclic) bond motifs is 4. The van der Waals surface area contributed by atoms with Crippen LogP contribution in [-0.4, -0.2) is 41.3 Å². The summed E-state index contributed by atoms with van der Waals surface area (Å²) in [6.07, 6.45) is 4.13. The van der Waals surface area contributed by atoms with E-state index in [0.717, 1.165) is 54.4 Å². The van der Waals surface area contributed by atoms with Gasteiger partial charge in [0.25, 0.3) is 0 Å². The van der Waals surface area contributed by atoms with Gasteiger partial charge in [-0.05, 0) is 93.2 Å². The third-order valence-electron chi connectivity index (χ3n) is 9.07. The molecule has 4 nitrogen and oxygen atoms in total. The number of para-hydroxylation sites is 1. The predicted molar refractivity (Wildman–Crippen MR) is 146 cm³/mol. The molecule has 0 atom stereocenters. The lowest BCUT2D eigenvalue weighted by atomic mass is 9.65. The van der Waals surface area contributed by atoms with E-state index in [1.54, 1.807) is 24.3 Å². The molecule has 2 aliphatic rings. The molecule has 196 valence electrons. The van der Waals surface area contributed by atoms with Crippen molar-refractivity contribution in [2.24, 2.45) is 0 Å². The number of hydrogen-bond donors (Lipinski definition) is 1. The highest BCUT2D eigenvalue weighted by atomic mass is 19.1. The molecule has 1 spiro atoms. The van der Waals surface area contributed by atoms with Crippen LogP contribution in [0, 0.1) is 11.6 Å². The molecule has 0 radical (unpaired) electrons. The average molecular weight is 514 g/mol. The minimum absolute atomic E-state index is 0.0593. The summed E-state index contributed by atoms with van der Waals surface area (Å²) in [5.41, 5.74) is 4.54. The molecule has 0 unspecified atom stereocenters. The SMILES string of the molecule is CN(C)[C@]1(c2cccc(F)c2)CC[C@@]2(CC1)c1[nH]c3ccccc3c1CCN2C(=O)Cc1ccc(F)cc1. The van der Waals surface area contributed by atoms with Crippen LogP contribution in [0.25, 0.3) is 10.9 Å². The van der Waals surface area contributed by atoms with Crippen molar-refractivity contribution >= 4 is 16.8 Å². The molecule has 1 aliphatic heterocycles. The molecule has 6 heteroatoms. The van der Waals surface area contributed by atoms with E-state index in [-0.39, 0.29) is 29.5 Å². The summed E-state index contributed by atoms with van der Waals surface area (Å²) in [5, 5.41) is 1.22. The van der Waals surface area contributed by atoms with Crippen LogP contribution >= 0.6 is 0 Å². The van der Waals surface area contributed by atoms with E-state index in [9.17, 15) is 13.6 Å². The second kappa shape index (κ2) is 9.35. The maximum Gasteiger partial charge on any atom is 0.227 e. The summed E-state index contributed by atoms with van der Waals surface area (Å²) in [6, 6.07) is 21.5. The Hall–Kier alpha value is -3.51. The van der Waals surface area contributed by atoms with Gasteiger partial charge in [-0.3, -0.25) is 9.69 Å². The first kappa shape index (κ1) is 24.8. The van der Waals surface area contributed by atoms with Crippen LogP contribution in [0.2, 0.25) is 0 Å². The normalized spacial score (nSPS) is 23.2. The van der Waals surface area contributed by atoms with E-state index in [1.807, 2.05) is 12.1 Å². The topological polar surface area (TPSA) is 39.3 Å². The average Bonchev–Trinajstić information content (AvgIpc) is 3.30. The highest BCUT2D eigenvalue weighted by Gasteiger charge is 2.52. The zero-order chi connectivity index (χ0) is 26.5. The molecular formula is C32H33F2N3O. The van der Waals surface area contributed by atoms with E-state index >= 15 is 0 Å². The van der Waals surface area contributed by atoms with E-state index in [1.165, 1.54) is 29.1 Å². The quantitative estimate of drug-likeness (QED) is 0.348. The number of rotatable bonds is 4. The molecule has 3 aromatic carbocycles.